The first-order chi connectivity index (χ1) is 13.5. The lowest BCUT2D eigenvalue weighted by Crippen LogP contribution is -2.50. The molecular formula is C24H47N2O2S+. The van der Waals surface area contributed by atoms with E-state index in [1.807, 2.05) is 30.3 Å². The Morgan fingerprint density at radius 1 is 0.793 bits per heavy atom. The maximum atomic E-state index is 10.4. The van der Waals surface area contributed by atoms with Crippen LogP contribution in [0.2, 0.25) is 0 Å². The molecule has 0 amide bonds. The minimum atomic E-state index is -0.279. The van der Waals surface area contributed by atoms with Crippen molar-refractivity contribution in [2.45, 2.75) is 90.9 Å². The summed E-state index contributed by atoms with van der Waals surface area (Å²) in [5.74, 6) is -0.279. The molecule has 0 bridgehead atoms. The van der Waals surface area contributed by atoms with Crippen molar-refractivity contribution in [3.05, 3.63) is 30.3 Å². The number of hydrogen-bond acceptors (Lipinski definition) is 4. The summed E-state index contributed by atoms with van der Waals surface area (Å²) in [5.41, 5.74) is 0. The summed E-state index contributed by atoms with van der Waals surface area (Å²) < 4.78 is 6.13. The highest BCUT2D eigenvalue weighted by atomic mass is 32.2. The van der Waals surface area contributed by atoms with Crippen LogP contribution < -0.4 is 6.15 Å². The largest absolute Gasteiger partial charge is 0.386 e. The predicted octanol–water partition coefficient (Wildman–Crippen LogP) is 7.42. The zero-order valence-corrected chi connectivity index (χ0v) is 20.6. The van der Waals surface area contributed by atoms with Crippen molar-refractivity contribution >= 4 is 18.0 Å². The van der Waals surface area contributed by atoms with Gasteiger partial charge in [-0.05, 0) is 37.8 Å². The number of benzene rings is 1. The van der Waals surface area contributed by atoms with Crippen LogP contribution in [0.15, 0.2) is 35.2 Å². The van der Waals surface area contributed by atoms with E-state index in [9.17, 15) is 4.79 Å². The summed E-state index contributed by atoms with van der Waals surface area (Å²) in [6.07, 6.45) is 11.1. The molecule has 170 valence electrons. The summed E-state index contributed by atoms with van der Waals surface area (Å²) >= 11 is 1.08. The monoisotopic (exact) mass is 427 g/mol. The van der Waals surface area contributed by atoms with Gasteiger partial charge in [-0.15, -0.1) is 0 Å². The first-order valence-corrected chi connectivity index (χ1v) is 12.0. The van der Waals surface area contributed by atoms with E-state index in [0.717, 1.165) is 16.9 Å². The van der Waals surface area contributed by atoms with E-state index in [1.54, 1.807) is 0 Å². The molecular weight excluding hydrogens is 380 g/mol. The quantitative estimate of drug-likeness (QED) is 0.248. The molecule has 0 radical (unpaired) electrons. The normalized spacial score (nSPS) is 10.5. The van der Waals surface area contributed by atoms with E-state index < -0.39 is 0 Å². The van der Waals surface area contributed by atoms with E-state index in [1.165, 1.54) is 89.0 Å². The van der Waals surface area contributed by atoms with Crippen molar-refractivity contribution in [3.8, 4) is 0 Å². The van der Waals surface area contributed by atoms with E-state index in [4.69, 9.17) is 4.18 Å². The number of unbranched alkanes of at least 4 members (excludes halogenated alkanes) is 4. The van der Waals surface area contributed by atoms with Crippen LogP contribution in [-0.4, -0.2) is 36.6 Å². The van der Waals surface area contributed by atoms with E-state index >= 15 is 0 Å². The third-order valence-corrected chi connectivity index (χ3v) is 5.73. The summed E-state index contributed by atoms with van der Waals surface area (Å²) in [7, 11) is 0. The molecule has 29 heavy (non-hydrogen) atoms. The third-order valence-electron chi connectivity index (χ3n) is 4.94. The van der Waals surface area contributed by atoms with E-state index in [2.05, 4.69) is 27.7 Å². The second kappa shape index (κ2) is 20.2. The van der Waals surface area contributed by atoms with E-state index in [0.29, 0.717) is 0 Å². The Kier molecular flexibility index (Phi) is 21.0. The maximum absolute atomic E-state index is 10.4. The van der Waals surface area contributed by atoms with Gasteiger partial charge in [0.2, 0.25) is 0 Å². The number of nitrogens with zero attached hydrogens (tertiary/aromatic N) is 1. The summed E-state index contributed by atoms with van der Waals surface area (Å²) in [4.78, 5) is 11.3. The van der Waals surface area contributed by atoms with Crippen molar-refractivity contribution in [2.24, 2.45) is 0 Å². The molecule has 0 aliphatic heterocycles. The molecule has 1 rings (SSSR count). The Bertz CT molecular complexity index is 446. The molecule has 0 atom stereocenters. The Morgan fingerprint density at radius 2 is 1.17 bits per heavy atom. The minimum Gasteiger partial charge on any atom is -0.386 e. The lowest BCUT2D eigenvalue weighted by atomic mass is 10.1. The van der Waals surface area contributed by atoms with Crippen LogP contribution in [-0.2, 0) is 8.98 Å². The Morgan fingerprint density at radius 3 is 1.48 bits per heavy atom. The van der Waals surface area contributed by atoms with Gasteiger partial charge in [-0.2, -0.15) is 0 Å². The molecule has 0 saturated heterocycles. The maximum Gasteiger partial charge on any atom is 0.315 e. The zero-order valence-electron chi connectivity index (χ0n) is 19.8. The van der Waals surface area contributed by atoms with Crippen molar-refractivity contribution < 1.29 is 13.5 Å². The molecule has 3 N–H and O–H groups in total. The van der Waals surface area contributed by atoms with Gasteiger partial charge in [0.25, 0.3) is 0 Å². The van der Waals surface area contributed by atoms with Crippen LogP contribution >= 0.6 is 12.0 Å². The number of quaternary nitrogens is 1. The number of carbonyl (C=O) groups is 1. The van der Waals surface area contributed by atoms with E-state index in [-0.39, 0.29) is 12.1 Å². The summed E-state index contributed by atoms with van der Waals surface area (Å²) in [5, 5.41) is 0. The molecule has 0 heterocycles. The van der Waals surface area contributed by atoms with Crippen LogP contribution in [0.5, 0.6) is 0 Å². The molecule has 0 aliphatic rings. The summed E-state index contributed by atoms with van der Waals surface area (Å²) in [6.45, 7) is 16.4. The molecule has 0 aromatic heterocycles. The van der Waals surface area contributed by atoms with Crippen LogP contribution in [0.4, 0.5) is 0 Å². The van der Waals surface area contributed by atoms with Crippen LogP contribution in [0, 0.1) is 0 Å². The highest BCUT2D eigenvalue weighted by molar-refractivity contribution is 7.95. The zero-order chi connectivity index (χ0) is 21.1. The molecule has 4 nitrogen and oxygen atoms in total. The third kappa shape index (κ3) is 16.4. The van der Waals surface area contributed by atoms with Gasteiger partial charge in [0.1, 0.15) is 0 Å². The van der Waals surface area contributed by atoms with Crippen molar-refractivity contribution in [1.82, 2.24) is 6.15 Å². The minimum absolute atomic E-state index is 0. The Balaban J connectivity index is 0. The SMILES string of the molecule is CC(=O)OSc1ccccc1.CCCC[N+](CCCC)(CCCC)CCCC.N. The van der Waals surface area contributed by atoms with Crippen LogP contribution in [0.3, 0.4) is 0 Å². The fourth-order valence-electron chi connectivity index (χ4n) is 3.23. The smallest absolute Gasteiger partial charge is 0.315 e. The number of carbonyl (C=O) groups excluding carboxylic acids is 1. The van der Waals surface area contributed by atoms with Crippen molar-refractivity contribution in [3.63, 3.8) is 0 Å². The molecule has 0 saturated carbocycles. The van der Waals surface area contributed by atoms with Gasteiger partial charge >= 0.3 is 5.97 Å². The molecule has 0 spiro atoms. The lowest BCUT2D eigenvalue weighted by molar-refractivity contribution is -0.929. The van der Waals surface area contributed by atoms with Crippen molar-refractivity contribution in [2.75, 3.05) is 26.2 Å². The molecule has 5 heteroatoms. The first kappa shape index (κ1) is 30.2. The van der Waals surface area contributed by atoms with Gasteiger partial charge < -0.3 is 14.8 Å². The van der Waals surface area contributed by atoms with Crippen molar-refractivity contribution in [1.29, 1.82) is 0 Å². The molecule has 0 fully saturated rings. The van der Waals surface area contributed by atoms with Gasteiger partial charge in [-0.3, -0.25) is 4.79 Å². The lowest BCUT2D eigenvalue weighted by Gasteiger charge is -2.39. The highest BCUT2D eigenvalue weighted by Crippen LogP contribution is 2.18. The molecule has 0 aliphatic carbocycles. The Hall–Kier alpha value is -1.04. The Labute approximate surface area is 185 Å². The fraction of sp³-hybridized carbons (Fsp3) is 0.708. The topological polar surface area (TPSA) is 61.3 Å². The average molecular weight is 428 g/mol. The van der Waals surface area contributed by atoms with Gasteiger partial charge in [-0.25, -0.2) is 0 Å². The predicted molar refractivity (Wildman–Crippen MR) is 128 cm³/mol. The molecule has 1 aromatic carbocycles. The fourth-order valence-corrected chi connectivity index (χ4v) is 3.71. The standard InChI is InChI=1S/C16H36N.C8H8O2S.H3N/c1-5-9-13-17(14-10-6-2,15-11-7-3)16-12-8-4;1-7(9)10-11-8-5-3-2-4-6-8;/h5-16H2,1-4H3;2-6H,1H3;1H3/q+1;;. The first-order valence-electron chi connectivity index (χ1n) is 11.3. The summed E-state index contributed by atoms with van der Waals surface area (Å²) in [6, 6.07) is 9.47. The number of hydrogen-bond donors (Lipinski definition) is 1. The second-order valence-electron chi connectivity index (χ2n) is 7.62. The number of rotatable bonds is 14. The highest BCUT2D eigenvalue weighted by Gasteiger charge is 2.24. The van der Waals surface area contributed by atoms with Gasteiger partial charge in [0.15, 0.2) is 0 Å². The van der Waals surface area contributed by atoms with Crippen LogP contribution in [0.25, 0.3) is 0 Å². The van der Waals surface area contributed by atoms with Gasteiger partial charge in [0, 0.05) is 11.8 Å². The van der Waals surface area contributed by atoms with Crippen LogP contribution in [0.1, 0.15) is 86.0 Å². The second-order valence-corrected chi connectivity index (χ2v) is 8.43. The average Bonchev–Trinajstić information content (AvgIpc) is 2.72. The molecule has 1 aromatic rings. The van der Waals surface area contributed by atoms with Gasteiger partial charge in [-0.1, -0.05) is 71.6 Å². The molecule has 0 unspecified atom stereocenters. The van der Waals surface area contributed by atoms with Gasteiger partial charge in [0.05, 0.1) is 38.2 Å².